The molecule has 29 heavy (non-hydrogen) atoms. The average Bonchev–Trinajstić information content (AvgIpc) is 2.77. The first-order chi connectivity index (χ1) is 13.6. The SMILES string of the molecule is COc1ccc(OC)c(S(=O)(=O)Nc2ccc3c(c2)OCC(C)(C)C(=O)N3C)c1. The van der Waals surface area contributed by atoms with E-state index in [4.69, 9.17) is 14.2 Å². The van der Waals surface area contributed by atoms with Crippen LogP contribution in [0.25, 0.3) is 0 Å². The first-order valence-electron chi connectivity index (χ1n) is 8.89. The second-order valence-electron chi connectivity index (χ2n) is 7.34. The third kappa shape index (κ3) is 3.95. The van der Waals surface area contributed by atoms with Crippen molar-refractivity contribution in [2.24, 2.45) is 5.41 Å². The lowest BCUT2D eigenvalue weighted by Gasteiger charge is -2.24. The van der Waals surface area contributed by atoms with Crippen LogP contribution in [0.15, 0.2) is 41.3 Å². The van der Waals surface area contributed by atoms with Gasteiger partial charge in [0.05, 0.1) is 31.0 Å². The largest absolute Gasteiger partial charge is 0.497 e. The maximum absolute atomic E-state index is 13.0. The number of hydrogen-bond acceptors (Lipinski definition) is 6. The minimum atomic E-state index is -3.96. The van der Waals surface area contributed by atoms with Crippen molar-refractivity contribution >= 4 is 27.3 Å². The molecule has 0 fully saturated rings. The van der Waals surface area contributed by atoms with Gasteiger partial charge in [0.2, 0.25) is 5.91 Å². The Morgan fingerprint density at radius 1 is 1.10 bits per heavy atom. The lowest BCUT2D eigenvalue weighted by Crippen LogP contribution is -2.39. The minimum absolute atomic E-state index is 0.0522. The summed E-state index contributed by atoms with van der Waals surface area (Å²) in [6.45, 7) is 3.79. The van der Waals surface area contributed by atoms with Gasteiger partial charge in [-0.15, -0.1) is 0 Å². The van der Waals surface area contributed by atoms with Gasteiger partial charge in [-0.3, -0.25) is 9.52 Å². The maximum atomic E-state index is 13.0. The third-order valence-corrected chi connectivity index (χ3v) is 6.11. The summed E-state index contributed by atoms with van der Waals surface area (Å²) in [5.74, 6) is 0.921. The van der Waals surface area contributed by atoms with Crippen LogP contribution < -0.4 is 23.8 Å². The Labute approximate surface area is 170 Å². The quantitative estimate of drug-likeness (QED) is 0.799. The topological polar surface area (TPSA) is 94.2 Å². The monoisotopic (exact) mass is 420 g/mol. The molecule has 156 valence electrons. The summed E-state index contributed by atoms with van der Waals surface area (Å²) in [6, 6.07) is 9.31. The molecule has 8 nitrogen and oxygen atoms in total. The van der Waals surface area contributed by atoms with Gasteiger partial charge in [-0.2, -0.15) is 0 Å². The van der Waals surface area contributed by atoms with Crippen LogP contribution >= 0.6 is 0 Å². The number of sulfonamides is 1. The van der Waals surface area contributed by atoms with Gasteiger partial charge in [0.15, 0.2) is 0 Å². The molecule has 1 aliphatic heterocycles. The number of fused-ring (bicyclic) bond motifs is 1. The van der Waals surface area contributed by atoms with Gasteiger partial charge in [0, 0.05) is 19.2 Å². The molecule has 1 amide bonds. The molecule has 0 atom stereocenters. The normalized spacial score (nSPS) is 15.8. The average molecular weight is 420 g/mol. The molecular formula is C20H24N2O6S. The van der Waals surface area contributed by atoms with Crippen molar-refractivity contribution in [2.45, 2.75) is 18.7 Å². The van der Waals surface area contributed by atoms with Crippen molar-refractivity contribution in [3.05, 3.63) is 36.4 Å². The predicted octanol–water partition coefficient (Wildman–Crippen LogP) is 2.89. The minimum Gasteiger partial charge on any atom is -0.497 e. The molecule has 1 heterocycles. The number of carbonyl (C=O) groups excluding carboxylic acids is 1. The lowest BCUT2D eigenvalue weighted by molar-refractivity contribution is -0.127. The summed E-state index contributed by atoms with van der Waals surface area (Å²) in [7, 11) is 0.554. The van der Waals surface area contributed by atoms with Crippen molar-refractivity contribution in [2.75, 3.05) is 37.5 Å². The van der Waals surface area contributed by atoms with Crippen molar-refractivity contribution in [3.63, 3.8) is 0 Å². The lowest BCUT2D eigenvalue weighted by atomic mass is 9.93. The Hall–Kier alpha value is -2.94. The van der Waals surface area contributed by atoms with Crippen molar-refractivity contribution in [1.29, 1.82) is 0 Å². The highest BCUT2D eigenvalue weighted by molar-refractivity contribution is 7.92. The number of nitrogens with one attached hydrogen (secondary N) is 1. The van der Waals surface area contributed by atoms with Crippen molar-refractivity contribution in [3.8, 4) is 17.2 Å². The summed E-state index contributed by atoms with van der Waals surface area (Å²) in [5.41, 5.74) is 0.179. The number of ether oxygens (including phenoxy) is 3. The van der Waals surface area contributed by atoms with Gasteiger partial charge in [-0.25, -0.2) is 8.42 Å². The number of anilines is 2. The molecular weight excluding hydrogens is 396 g/mol. The van der Waals surface area contributed by atoms with Crippen LogP contribution in [0.5, 0.6) is 17.2 Å². The number of amides is 1. The van der Waals surface area contributed by atoms with Gasteiger partial charge in [0.1, 0.15) is 28.8 Å². The third-order valence-electron chi connectivity index (χ3n) is 4.71. The first kappa shape index (κ1) is 20.8. The Balaban J connectivity index is 1.96. The zero-order chi connectivity index (χ0) is 21.4. The number of nitrogens with zero attached hydrogens (tertiary/aromatic N) is 1. The van der Waals surface area contributed by atoms with Crippen LogP contribution in [0.3, 0.4) is 0 Å². The highest BCUT2D eigenvalue weighted by Crippen LogP contribution is 2.38. The Morgan fingerprint density at radius 2 is 1.83 bits per heavy atom. The molecule has 0 bridgehead atoms. The molecule has 3 rings (SSSR count). The molecule has 0 unspecified atom stereocenters. The van der Waals surface area contributed by atoms with E-state index >= 15 is 0 Å². The summed E-state index contributed by atoms with van der Waals surface area (Å²) in [5, 5.41) is 0. The zero-order valence-electron chi connectivity index (χ0n) is 17.0. The molecule has 1 aliphatic rings. The van der Waals surface area contributed by atoms with Gasteiger partial charge in [-0.05, 0) is 38.1 Å². The molecule has 0 saturated carbocycles. The molecule has 0 aliphatic carbocycles. The van der Waals surface area contributed by atoms with Crippen molar-refractivity contribution in [1.82, 2.24) is 0 Å². The number of methoxy groups -OCH3 is 2. The fraction of sp³-hybridized carbons (Fsp3) is 0.350. The van der Waals surface area contributed by atoms with E-state index in [1.807, 2.05) is 0 Å². The second kappa shape index (κ2) is 7.47. The molecule has 9 heteroatoms. The van der Waals surface area contributed by atoms with Crippen LogP contribution in [-0.2, 0) is 14.8 Å². The first-order valence-corrected chi connectivity index (χ1v) is 10.4. The van der Waals surface area contributed by atoms with Gasteiger partial charge < -0.3 is 19.1 Å². The Morgan fingerprint density at radius 3 is 2.48 bits per heavy atom. The highest BCUT2D eigenvalue weighted by atomic mass is 32.2. The summed E-state index contributed by atoms with van der Waals surface area (Å²) < 4.78 is 44.5. The fourth-order valence-corrected chi connectivity index (χ4v) is 4.29. The number of hydrogen-bond donors (Lipinski definition) is 1. The number of carbonyl (C=O) groups is 1. The van der Waals surface area contributed by atoms with Crippen LogP contribution in [0.4, 0.5) is 11.4 Å². The molecule has 2 aromatic rings. The van der Waals surface area contributed by atoms with Crippen LogP contribution in [0.2, 0.25) is 0 Å². The molecule has 2 aromatic carbocycles. The zero-order valence-corrected chi connectivity index (χ0v) is 17.8. The highest BCUT2D eigenvalue weighted by Gasteiger charge is 2.36. The number of benzene rings is 2. The summed E-state index contributed by atoms with van der Waals surface area (Å²) in [4.78, 5) is 14.0. The van der Waals surface area contributed by atoms with Crippen LogP contribution in [0.1, 0.15) is 13.8 Å². The van der Waals surface area contributed by atoms with Crippen LogP contribution in [-0.4, -0.2) is 42.2 Å². The van der Waals surface area contributed by atoms with E-state index < -0.39 is 15.4 Å². The molecule has 0 radical (unpaired) electrons. The van der Waals surface area contributed by atoms with E-state index in [2.05, 4.69) is 4.72 Å². The summed E-state index contributed by atoms with van der Waals surface area (Å²) in [6.07, 6.45) is 0. The van der Waals surface area contributed by atoms with Gasteiger partial charge >= 0.3 is 0 Å². The van der Waals surface area contributed by atoms with E-state index in [1.54, 1.807) is 45.2 Å². The smallest absolute Gasteiger partial charge is 0.265 e. The van der Waals surface area contributed by atoms with E-state index in [0.717, 1.165) is 0 Å². The number of rotatable bonds is 5. The van der Waals surface area contributed by atoms with E-state index in [0.29, 0.717) is 22.9 Å². The van der Waals surface area contributed by atoms with E-state index in [9.17, 15) is 13.2 Å². The predicted molar refractivity (Wildman–Crippen MR) is 109 cm³/mol. The molecule has 0 spiro atoms. The molecule has 0 aromatic heterocycles. The van der Waals surface area contributed by atoms with E-state index in [-0.39, 0.29) is 23.2 Å². The summed E-state index contributed by atoms with van der Waals surface area (Å²) >= 11 is 0. The van der Waals surface area contributed by atoms with Gasteiger partial charge in [-0.1, -0.05) is 0 Å². The molecule has 0 saturated heterocycles. The van der Waals surface area contributed by atoms with Crippen molar-refractivity contribution < 1.29 is 27.4 Å². The standard InChI is InChI=1S/C20H24N2O6S/c1-20(2)12-28-17-10-13(6-8-15(17)22(3)19(20)23)21-29(24,25)18-11-14(26-4)7-9-16(18)27-5/h6-11,21H,12H2,1-5H3. The Kier molecular flexibility index (Phi) is 5.36. The Bertz CT molecular complexity index is 1050. The fourth-order valence-electron chi connectivity index (χ4n) is 3.06. The second-order valence-corrected chi connectivity index (χ2v) is 8.99. The van der Waals surface area contributed by atoms with E-state index in [1.165, 1.54) is 31.3 Å². The van der Waals surface area contributed by atoms with Crippen LogP contribution in [0, 0.1) is 5.41 Å². The van der Waals surface area contributed by atoms with Gasteiger partial charge in [0.25, 0.3) is 10.0 Å². The maximum Gasteiger partial charge on any atom is 0.265 e. The molecule has 1 N–H and O–H groups in total.